The third-order valence-electron chi connectivity index (χ3n) is 7.01. The molecule has 0 bridgehead atoms. The molecule has 0 spiro atoms. The van der Waals surface area contributed by atoms with Gasteiger partial charge in [-0.15, -0.1) is 0 Å². The lowest BCUT2D eigenvalue weighted by atomic mass is 9.99. The van der Waals surface area contributed by atoms with Crippen molar-refractivity contribution in [3.63, 3.8) is 0 Å². The number of hydrogen-bond acceptors (Lipinski definition) is 3. The molecule has 0 unspecified atom stereocenters. The number of anilines is 1. The minimum atomic E-state index is -0.350. The molecule has 3 amide bonds. The van der Waals surface area contributed by atoms with E-state index in [-0.39, 0.29) is 11.9 Å². The van der Waals surface area contributed by atoms with Crippen molar-refractivity contribution in [3.05, 3.63) is 54.7 Å². The number of likely N-dealkylation sites (tertiary alicyclic amines) is 1. The molecule has 1 fully saturated rings. The van der Waals surface area contributed by atoms with Gasteiger partial charge in [-0.05, 0) is 72.4 Å². The van der Waals surface area contributed by atoms with Crippen LogP contribution in [-0.2, 0) is 4.79 Å². The number of aromatic nitrogens is 1. The first-order valence-electron chi connectivity index (χ1n) is 12.7. The van der Waals surface area contributed by atoms with Crippen LogP contribution in [0.4, 0.5) is 10.5 Å². The van der Waals surface area contributed by atoms with Crippen LogP contribution >= 0.6 is 0 Å². The number of nitrogens with one attached hydrogen (secondary N) is 2. The smallest absolute Gasteiger partial charge is 0.324 e. The number of hydrogen-bond donors (Lipinski definition) is 3. The Morgan fingerprint density at radius 1 is 1.00 bits per heavy atom. The van der Waals surface area contributed by atoms with Crippen molar-refractivity contribution in [2.75, 3.05) is 24.5 Å². The van der Waals surface area contributed by atoms with Crippen molar-refractivity contribution >= 4 is 28.5 Å². The lowest BCUT2D eigenvalue weighted by Gasteiger charge is -2.35. The Morgan fingerprint density at radius 3 is 2.46 bits per heavy atom. The summed E-state index contributed by atoms with van der Waals surface area (Å²) in [4.78, 5) is 31.8. The lowest BCUT2D eigenvalue weighted by molar-refractivity contribution is -0.129. The Hall–Kier alpha value is -3.32. The Bertz CT molecular complexity index is 1120. The maximum atomic E-state index is 13.5. The molecule has 0 aliphatic carbocycles. The van der Waals surface area contributed by atoms with Crippen molar-refractivity contribution in [2.45, 2.75) is 51.9 Å². The number of hydroxylamine groups is 1. The Balaban J connectivity index is 1.44. The van der Waals surface area contributed by atoms with E-state index in [0.29, 0.717) is 18.9 Å². The summed E-state index contributed by atoms with van der Waals surface area (Å²) in [5.74, 6) is 0.316. The van der Waals surface area contributed by atoms with Crippen LogP contribution < -0.4 is 10.4 Å². The van der Waals surface area contributed by atoms with Crippen molar-refractivity contribution in [2.24, 2.45) is 5.92 Å². The van der Waals surface area contributed by atoms with E-state index in [1.165, 1.54) is 5.39 Å². The predicted octanol–water partition coefficient (Wildman–Crippen LogP) is 5.95. The number of carbonyl (C=O) groups excluding carboxylic acids is 2. The molecule has 1 saturated heterocycles. The zero-order valence-electron chi connectivity index (χ0n) is 20.5. The first kappa shape index (κ1) is 24.8. The van der Waals surface area contributed by atoms with Crippen molar-refractivity contribution in [1.82, 2.24) is 15.4 Å². The monoisotopic (exact) mass is 476 g/mol. The number of carbonyl (C=O) groups is 2. The highest BCUT2D eigenvalue weighted by Crippen LogP contribution is 2.28. The second-order valence-corrected chi connectivity index (χ2v) is 9.63. The van der Waals surface area contributed by atoms with Gasteiger partial charge < -0.3 is 9.88 Å². The summed E-state index contributed by atoms with van der Waals surface area (Å²) in [5.41, 5.74) is 5.96. The quantitative estimate of drug-likeness (QED) is 0.203. The molecule has 186 valence electrons. The minimum absolute atomic E-state index is 0.0807. The molecule has 3 aromatic rings. The standard InChI is InChI=1S/C28H36N4O3/c1-21-14-18-31(19-15-21)28(34)32(17-5-3-2-4-6-27(33)30-35)25-11-9-22(10-12-25)24-8-7-23-13-16-29-26(23)20-24/h7-13,16,20-21,29,35H,2-6,14-15,17-19H2,1H3,(H,30,33). The van der Waals surface area contributed by atoms with Gasteiger partial charge in [-0.1, -0.05) is 44.0 Å². The largest absolute Gasteiger partial charge is 0.361 e. The molecule has 1 aliphatic rings. The van der Waals surface area contributed by atoms with E-state index in [0.717, 1.165) is 73.9 Å². The summed E-state index contributed by atoms with van der Waals surface area (Å²) in [6.45, 7) is 4.51. The van der Waals surface area contributed by atoms with Crippen LogP contribution in [0, 0.1) is 5.92 Å². The van der Waals surface area contributed by atoms with E-state index in [1.54, 1.807) is 5.48 Å². The average Bonchev–Trinajstić information content (AvgIpc) is 3.36. The second-order valence-electron chi connectivity index (χ2n) is 9.63. The maximum absolute atomic E-state index is 13.5. The van der Waals surface area contributed by atoms with Crippen LogP contribution in [0.25, 0.3) is 22.0 Å². The first-order valence-corrected chi connectivity index (χ1v) is 12.7. The molecule has 4 rings (SSSR count). The highest BCUT2D eigenvalue weighted by molar-refractivity contribution is 5.92. The van der Waals surface area contributed by atoms with Crippen molar-refractivity contribution in [3.8, 4) is 11.1 Å². The Labute approximate surface area is 207 Å². The van der Waals surface area contributed by atoms with Crippen molar-refractivity contribution < 1.29 is 14.8 Å². The fraction of sp³-hybridized carbons (Fsp3) is 0.429. The zero-order valence-corrected chi connectivity index (χ0v) is 20.5. The normalized spacial score (nSPS) is 14.3. The molecule has 1 aromatic heterocycles. The van der Waals surface area contributed by atoms with Gasteiger partial charge in [-0.2, -0.15) is 0 Å². The maximum Gasteiger partial charge on any atom is 0.324 e. The van der Waals surface area contributed by atoms with Crippen LogP contribution in [0.2, 0.25) is 0 Å². The minimum Gasteiger partial charge on any atom is -0.361 e. The fourth-order valence-corrected chi connectivity index (χ4v) is 4.73. The highest BCUT2D eigenvalue weighted by Gasteiger charge is 2.25. The summed E-state index contributed by atoms with van der Waals surface area (Å²) in [7, 11) is 0. The summed E-state index contributed by atoms with van der Waals surface area (Å²) in [5, 5.41) is 9.81. The average molecular weight is 477 g/mol. The molecular formula is C28H36N4O3. The molecule has 35 heavy (non-hydrogen) atoms. The third kappa shape index (κ3) is 6.42. The van der Waals surface area contributed by atoms with Gasteiger partial charge in [-0.25, -0.2) is 10.3 Å². The van der Waals surface area contributed by atoms with Gasteiger partial charge in [0.1, 0.15) is 0 Å². The number of amides is 3. The molecule has 0 atom stereocenters. The molecule has 0 saturated carbocycles. The third-order valence-corrected chi connectivity index (χ3v) is 7.01. The molecule has 3 N–H and O–H groups in total. The number of unbranched alkanes of at least 4 members (excludes halogenated alkanes) is 3. The molecular weight excluding hydrogens is 440 g/mol. The number of nitrogens with zero attached hydrogens (tertiary/aromatic N) is 2. The number of H-pyrrole nitrogens is 1. The van der Waals surface area contributed by atoms with Crippen LogP contribution in [-0.4, -0.2) is 46.7 Å². The van der Waals surface area contributed by atoms with Gasteiger partial charge in [0.25, 0.3) is 0 Å². The number of urea groups is 1. The number of rotatable bonds is 9. The van der Waals surface area contributed by atoms with Crippen molar-refractivity contribution in [1.29, 1.82) is 0 Å². The second kappa shape index (κ2) is 11.9. The summed E-state index contributed by atoms with van der Waals surface area (Å²) < 4.78 is 0. The SMILES string of the molecule is CC1CCN(C(=O)N(CCCCCCC(=O)NO)c2ccc(-c3ccc4cc[nH]c4c3)cc2)CC1. The van der Waals surface area contributed by atoms with Gasteiger partial charge in [-0.3, -0.25) is 14.9 Å². The number of aromatic amines is 1. The molecule has 1 aliphatic heterocycles. The van der Waals surface area contributed by atoms with E-state index in [9.17, 15) is 9.59 Å². The van der Waals surface area contributed by atoms with E-state index < -0.39 is 0 Å². The van der Waals surface area contributed by atoms with Crippen LogP contribution in [0.3, 0.4) is 0 Å². The van der Waals surface area contributed by atoms with Gasteiger partial charge in [0.05, 0.1) is 0 Å². The van der Waals surface area contributed by atoms with E-state index >= 15 is 0 Å². The van der Waals surface area contributed by atoms with Crippen LogP contribution in [0.5, 0.6) is 0 Å². The molecule has 2 heterocycles. The topological polar surface area (TPSA) is 88.7 Å². The van der Waals surface area contributed by atoms with Gasteiger partial charge in [0.15, 0.2) is 0 Å². The molecule has 7 nitrogen and oxygen atoms in total. The predicted molar refractivity (Wildman–Crippen MR) is 139 cm³/mol. The number of piperidine rings is 1. The van der Waals surface area contributed by atoms with E-state index in [1.807, 2.05) is 28.1 Å². The molecule has 7 heteroatoms. The van der Waals surface area contributed by atoms with Crippen LogP contribution in [0.1, 0.15) is 51.9 Å². The van der Waals surface area contributed by atoms with Gasteiger partial charge in [0, 0.05) is 43.5 Å². The Kier molecular flexibility index (Phi) is 8.42. The van der Waals surface area contributed by atoms with Gasteiger partial charge in [0.2, 0.25) is 5.91 Å². The van der Waals surface area contributed by atoms with E-state index in [4.69, 9.17) is 5.21 Å². The molecule has 0 radical (unpaired) electrons. The Morgan fingerprint density at radius 2 is 1.71 bits per heavy atom. The van der Waals surface area contributed by atoms with Crippen LogP contribution in [0.15, 0.2) is 54.7 Å². The fourth-order valence-electron chi connectivity index (χ4n) is 4.73. The number of fused-ring (bicyclic) bond motifs is 1. The highest BCUT2D eigenvalue weighted by atomic mass is 16.5. The lowest BCUT2D eigenvalue weighted by Crippen LogP contribution is -2.47. The molecule has 2 aromatic carbocycles. The van der Waals surface area contributed by atoms with E-state index in [2.05, 4.69) is 48.3 Å². The summed E-state index contributed by atoms with van der Waals surface area (Å²) in [6.07, 6.45) is 7.76. The zero-order chi connectivity index (χ0) is 24.6. The first-order chi connectivity index (χ1) is 17.0. The van der Waals surface area contributed by atoms with Gasteiger partial charge >= 0.3 is 6.03 Å². The summed E-state index contributed by atoms with van der Waals surface area (Å²) >= 11 is 0. The summed E-state index contributed by atoms with van der Waals surface area (Å²) in [6, 6.07) is 16.8. The number of benzene rings is 2.